The Balaban J connectivity index is 2.07. The zero-order valence-electron chi connectivity index (χ0n) is 24.4. The summed E-state index contributed by atoms with van der Waals surface area (Å²) >= 11 is 0. The number of sulfonamides is 1. The average molecular weight is 600 g/mol. The van der Waals surface area contributed by atoms with E-state index in [9.17, 15) is 22.4 Å². The molecule has 0 heterocycles. The van der Waals surface area contributed by atoms with Crippen LogP contribution in [0.15, 0.2) is 77.7 Å². The van der Waals surface area contributed by atoms with Crippen LogP contribution in [0.2, 0.25) is 0 Å². The minimum Gasteiger partial charge on any atom is -0.497 e. The van der Waals surface area contributed by atoms with Crippen molar-refractivity contribution in [2.24, 2.45) is 0 Å². The van der Waals surface area contributed by atoms with Gasteiger partial charge < -0.3 is 19.7 Å². The van der Waals surface area contributed by atoms with Crippen LogP contribution in [0, 0.1) is 5.82 Å². The second-order valence-electron chi connectivity index (χ2n) is 9.58. The lowest BCUT2D eigenvalue weighted by Gasteiger charge is -2.33. The Labute approximate surface area is 247 Å². The Hall–Kier alpha value is -4.12. The van der Waals surface area contributed by atoms with Gasteiger partial charge in [-0.2, -0.15) is 0 Å². The van der Waals surface area contributed by atoms with Crippen LogP contribution < -0.4 is 19.1 Å². The summed E-state index contributed by atoms with van der Waals surface area (Å²) in [6.45, 7) is 3.59. The zero-order valence-corrected chi connectivity index (χ0v) is 25.2. The lowest BCUT2D eigenvalue weighted by molar-refractivity contribution is -0.140. The van der Waals surface area contributed by atoms with Crippen LogP contribution in [-0.2, 0) is 26.2 Å². The Morgan fingerprint density at radius 1 is 0.929 bits per heavy atom. The van der Waals surface area contributed by atoms with Gasteiger partial charge in [0.05, 0.1) is 24.8 Å². The van der Waals surface area contributed by atoms with Gasteiger partial charge in [-0.1, -0.05) is 44.5 Å². The van der Waals surface area contributed by atoms with Crippen LogP contribution in [0.3, 0.4) is 0 Å². The van der Waals surface area contributed by atoms with E-state index < -0.39 is 34.3 Å². The third-order valence-electron chi connectivity index (χ3n) is 6.76. The summed E-state index contributed by atoms with van der Waals surface area (Å²) in [5.74, 6) is -0.673. The van der Waals surface area contributed by atoms with Gasteiger partial charge in [-0.15, -0.1) is 0 Å². The SMILES string of the molecule is CCCCNC(=O)[C@H](CC)N(Cc1ccc(F)cc1)C(=O)CN(c1ccccc1OC)S(=O)(=O)c1ccc(OC)cc1. The molecule has 0 aliphatic heterocycles. The molecule has 226 valence electrons. The maximum atomic E-state index is 14.1. The van der Waals surface area contributed by atoms with Crippen molar-refractivity contribution in [1.82, 2.24) is 10.2 Å². The molecular weight excluding hydrogens is 561 g/mol. The van der Waals surface area contributed by atoms with Crippen LogP contribution in [-0.4, -0.2) is 58.5 Å². The number of unbranched alkanes of at least 4 members (excludes halogenated alkanes) is 1. The van der Waals surface area contributed by atoms with Gasteiger partial charge in [0, 0.05) is 13.1 Å². The third kappa shape index (κ3) is 8.00. The Bertz CT molecular complexity index is 1430. The summed E-state index contributed by atoms with van der Waals surface area (Å²) in [4.78, 5) is 28.7. The molecule has 2 amide bonds. The normalized spacial score (nSPS) is 11.8. The van der Waals surface area contributed by atoms with Crippen molar-refractivity contribution < 1.29 is 31.9 Å². The maximum Gasteiger partial charge on any atom is 0.264 e. The smallest absolute Gasteiger partial charge is 0.264 e. The first kappa shape index (κ1) is 32.4. The van der Waals surface area contributed by atoms with E-state index in [-0.39, 0.29) is 35.2 Å². The van der Waals surface area contributed by atoms with Crippen molar-refractivity contribution in [3.8, 4) is 11.5 Å². The second kappa shape index (κ2) is 15.2. The van der Waals surface area contributed by atoms with E-state index in [1.807, 2.05) is 6.92 Å². The molecule has 9 nitrogen and oxygen atoms in total. The number of benzene rings is 3. The highest BCUT2D eigenvalue weighted by Gasteiger charge is 2.34. The van der Waals surface area contributed by atoms with E-state index in [0.717, 1.165) is 17.1 Å². The van der Waals surface area contributed by atoms with E-state index in [1.165, 1.54) is 67.7 Å². The van der Waals surface area contributed by atoms with Gasteiger partial charge in [-0.25, -0.2) is 12.8 Å². The number of nitrogens with zero attached hydrogens (tertiary/aromatic N) is 2. The van der Waals surface area contributed by atoms with Gasteiger partial charge >= 0.3 is 0 Å². The summed E-state index contributed by atoms with van der Waals surface area (Å²) in [6, 6.07) is 17.0. The van der Waals surface area contributed by atoms with Crippen molar-refractivity contribution in [3.63, 3.8) is 0 Å². The van der Waals surface area contributed by atoms with Gasteiger partial charge in [-0.05, 0) is 66.9 Å². The molecule has 1 N–H and O–H groups in total. The number of carbonyl (C=O) groups is 2. The van der Waals surface area contributed by atoms with Crippen molar-refractivity contribution >= 4 is 27.5 Å². The molecule has 0 saturated carbocycles. The molecule has 3 rings (SSSR count). The number of carbonyl (C=O) groups excluding carboxylic acids is 2. The molecule has 11 heteroatoms. The molecule has 0 spiro atoms. The molecule has 0 fully saturated rings. The summed E-state index contributed by atoms with van der Waals surface area (Å²) in [5, 5.41) is 2.88. The van der Waals surface area contributed by atoms with Crippen LogP contribution in [0.4, 0.5) is 10.1 Å². The first-order chi connectivity index (χ1) is 20.2. The molecule has 0 saturated heterocycles. The molecule has 0 bridgehead atoms. The Morgan fingerprint density at radius 3 is 2.19 bits per heavy atom. The highest BCUT2D eigenvalue weighted by atomic mass is 32.2. The highest BCUT2D eigenvalue weighted by molar-refractivity contribution is 7.92. The monoisotopic (exact) mass is 599 g/mol. The van der Waals surface area contributed by atoms with E-state index in [2.05, 4.69) is 5.32 Å². The third-order valence-corrected chi connectivity index (χ3v) is 8.54. The number of ether oxygens (including phenoxy) is 2. The molecule has 3 aromatic carbocycles. The summed E-state index contributed by atoms with van der Waals surface area (Å²) in [6.07, 6.45) is 1.94. The molecule has 3 aromatic rings. The lowest BCUT2D eigenvalue weighted by atomic mass is 10.1. The number of hydrogen-bond acceptors (Lipinski definition) is 6. The van der Waals surface area contributed by atoms with Gasteiger partial charge in [0.15, 0.2) is 0 Å². The first-order valence-corrected chi connectivity index (χ1v) is 15.2. The maximum absolute atomic E-state index is 14.1. The molecular formula is C31H38FN3O6S. The minimum atomic E-state index is -4.29. The lowest BCUT2D eigenvalue weighted by Crippen LogP contribution is -2.52. The molecule has 0 radical (unpaired) electrons. The average Bonchev–Trinajstić information content (AvgIpc) is 3.00. The van der Waals surface area contributed by atoms with Crippen LogP contribution in [0.5, 0.6) is 11.5 Å². The summed E-state index contributed by atoms with van der Waals surface area (Å²) in [7, 11) is -1.40. The number of hydrogen-bond donors (Lipinski definition) is 1. The van der Waals surface area contributed by atoms with E-state index in [4.69, 9.17) is 9.47 Å². The summed E-state index contributed by atoms with van der Waals surface area (Å²) in [5.41, 5.74) is 0.748. The molecule has 0 aromatic heterocycles. The minimum absolute atomic E-state index is 0.0266. The Morgan fingerprint density at radius 2 is 1.60 bits per heavy atom. The first-order valence-electron chi connectivity index (χ1n) is 13.8. The quantitative estimate of drug-likeness (QED) is 0.253. The second-order valence-corrected chi connectivity index (χ2v) is 11.4. The molecule has 0 aliphatic carbocycles. The van der Waals surface area contributed by atoms with Gasteiger partial charge in [0.2, 0.25) is 11.8 Å². The van der Waals surface area contributed by atoms with Crippen LogP contribution in [0.1, 0.15) is 38.7 Å². The van der Waals surface area contributed by atoms with Crippen molar-refractivity contribution in [3.05, 3.63) is 84.2 Å². The fourth-order valence-corrected chi connectivity index (χ4v) is 5.86. The molecule has 0 unspecified atom stereocenters. The molecule has 42 heavy (non-hydrogen) atoms. The van der Waals surface area contributed by atoms with Gasteiger partial charge in [0.1, 0.15) is 29.9 Å². The largest absolute Gasteiger partial charge is 0.497 e. The molecule has 0 aliphatic rings. The number of amides is 2. The van der Waals surface area contributed by atoms with E-state index >= 15 is 0 Å². The standard InChI is InChI=1S/C31H38FN3O6S/c1-5-7-20-33-31(37)27(6-2)34(21-23-12-14-24(32)15-13-23)30(36)22-35(28-10-8-9-11-29(28)41-4)42(38,39)26-18-16-25(40-3)17-19-26/h8-19,27H,5-7,20-22H2,1-4H3,(H,33,37)/t27-/m0/s1. The predicted octanol–water partition coefficient (Wildman–Crippen LogP) is 4.76. The number of nitrogens with one attached hydrogen (secondary N) is 1. The fraction of sp³-hybridized carbons (Fsp3) is 0.355. The fourth-order valence-electron chi connectivity index (χ4n) is 4.44. The van der Waals surface area contributed by atoms with Crippen molar-refractivity contribution in [1.29, 1.82) is 0 Å². The number of rotatable bonds is 15. The number of para-hydroxylation sites is 2. The van der Waals surface area contributed by atoms with Crippen LogP contribution in [0.25, 0.3) is 0 Å². The Kier molecular flexibility index (Phi) is 11.7. The van der Waals surface area contributed by atoms with Gasteiger partial charge in [-0.3, -0.25) is 13.9 Å². The van der Waals surface area contributed by atoms with Crippen molar-refractivity contribution in [2.45, 2.75) is 50.6 Å². The van der Waals surface area contributed by atoms with E-state index in [0.29, 0.717) is 17.9 Å². The molecule has 1 atom stereocenters. The number of anilines is 1. The number of methoxy groups -OCH3 is 2. The zero-order chi connectivity index (χ0) is 30.7. The summed E-state index contributed by atoms with van der Waals surface area (Å²) < 4.78 is 53.3. The number of halogens is 1. The van der Waals surface area contributed by atoms with Gasteiger partial charge in [0.25, 0.3) is 10.0 Å². The van der Waals surface area contributed by atoms with Crippen molar-refractivity contribution in [2.75, 3.05) is 31.6 Å². The van der Waals surface area contributed by atoms with E-state index in [1.54, 1.807) is 31.2 Å². The topological polar surface area (TPSA) is 105 Å². The predicted molar refractivity (Wildman–Crippen MR) is 159 cm³/mol. The highest BCUT2D eigenvalue weighted by Crippen LogP contribution is 2.33. The van der Waals surface area contributed by atoms with Crippen LogP contribution >= 0.6 is 0 Å².